The number of benzene rings is 1. The lowest BCUT2D eigenvalue weighted by molar-refractivity contribution is 0.179. The molecule has 0 fully saturated rings. The molecule has 17 heavy (non-hydrogen) atoms. The average Bonchev–Trinajstić information content (AvgIpc) is 2.38. The van der Waals surface area contributed by atoms with Crippen LogP contribution in [0.25, 0.3) is 0 Å². The smallest absolute Gasteiger partial charge is 0.0237 e. The molecule has 1 aromatic rings. The fraction of sp³-hybridized carbons (Fsp3) is 0.600. The molecule has 1 aromatic carbocycles. The zero-order valence-corrected chi connectivity index (χ0v) is 11.4. The van der Waals surface area contributed by atoms with Crippen LogP contribution < -0.4 is 5.32 Å². The van der Waals surface area contributed by atoms with Gasteiger partial charge in [-0.1, -0.05) is 44.2 Å². The van der Waals surface area contributed by atoms with Crippen LogP contribution in [0.3, 0.4) is 0 Å². The van der Waals surface area contributed by atoms with Crippen molar-refractivity contribution in [1.29, 1.82) is 0 Å². The van der Waals surface area contributed by atoms with Crippen molar-refractivity contribution < 1.29 is 0 Å². The summed E-state index contributed by atoms with van der Waals surface area (Å²) in [6.45, 7) is 7.81. The summed E-state index contributed by atoms with van der Waals surface area (Å²) in [4.78, 5) is 2.59. The maximum atomic E-state index is 3.25. The van der Waals surface area contributed by atoms with E-state index in [0.29, 0.717) is 6.04 Å². The van der Waals surface area contributed by atoms with Gasteiger partial charge in [-0.25, -0.2) is 0 Å². The first kappa shape index (κ1) is 14.2. The minimum Gasteiger partial charge on any atom is -0.318 e. The molecule has 0 aliphatic carbocycles. The summed E-state index contributed by atoms with van der Waals surface area (Å²) < 4.78 is 0. The van der Waals surface area contributed by atoms with Gasteiger partial charge in [-0.2, -0.15) is 0 Å². The number of hydrogen-bond donors (Lipinski definition) is 1. The molecular weight excluding hydrogens is 208 g/mol. The number of rotatable bonds is 8. The van der Waals surface area contributed by atoms with Crippen molar-refractivity contribution in [2.24, 2.45) is 0 Å². The molecule has 0 saturated carbocycles. The van der Waals surface area contributed by atoms with Crippen LogP contribution in [-0.4, -0.2) is 31.1 Å². The molecule has 0 radical (unpaired) electrons. The SMILES string of the molecule is CCC(CC)N(CCNC)Cc1ccccc1. The van der Waals surface area contributed by atoms with Gasteiger partial charge in [-0.3, -0.25) is 4.90 Å². The molecule has 0 amide bonds. The Hall–Kier alpha value is -0.860. The van der Waals surface area contributed by atoms with E-state index < -0.39 is 0 Å². The lowest BCUT2D eigenvalue weighted by Gasteiger charge is -2.30. The summed E-state index contributed by atoms with van der Waals surface area (Å²) in [5.41, 5.74) is 1.41. The van der Waals surface area contributed by atoms with Gasteiger partial charge in [0.15, 0.2) is 0 Å². The highest BCUT2D eigenvalue weighted by Crippen LogP contribution is 2.12. The topological polar surface area (TPSA) is 15.3 Å². The Kier molecular flexibility index (Phi) is 6.90. The lowest BCUT2D eigenvalue weighted by atomic mass is 10.1. The summed E-state index contributed by atoms with van der Waals surface area (Å²) in [5, 5.41) is 3.25. The second-order valence-electron chi connectivity index (χ2n) is 4.53. The molecule has 0 aromatic heterocycles. The molecule has 0 atom stereocenters. The highest BCUT2D eigenvalue weighted by Gasteiger charge is 2.14. The van der Waals surface area contributed by atoms with Crippen molar-refractivity contribution in [3.05, 3.63) is 35.9 Å². The van der Waals surface area contributed by atoms with Crippen molar-refractivity contribution in [3.8, 4) is 0 Å². The second kappa shape index (κ2) is 8.26. The Labute approximate surface area is 106 Å². The zero-order chi connectivity index (χ0) is 12.5. The first-order valence-electron chi connectivity index (χ1n) is 6.74. The van der Waals surface area contributed by atoms with Gasteiger partial charge in [0.25, 0.3) is 0 Å². The van der Waals surface area contributed by atoms with Gasteiger partial charge in [-0.15, -0.1) is 0 Å². The third-order valence-electron chi connectivity index (χ3n) is 3.34. The van der Waals surface area contributed by atoms with Gasteiger partial charge in [0, 0.05) is 25.7 Å². The lowest BCUT2D eigenvalue weighted by Crippen LogP contribution is -2.38. The molecule has 0 bridgehead atoms. The van der Waals surface area contributed by atoms with E-state index in [9.17, 15) is 0 Å². The maximum absolute atomic E-state index is 3.25. The number of nitrogens with one attached hydrogen (secondary N) is 1. The number of hydrogen-bond acceptors (Lipinski definition) is 2. The molecule has 1 N–H and O–H groups in total. The van der Waals surface area contributed by atoms with Crippen LogP contribution in [0.4, 0.5) is 0 Å². The van der Waals surface area contributed by atoms with Crippen molar-refractivity contribution in [2.75, 3.05) is 20.1 Å². The normalized spacial score (nSPS) is 11.4. The molecule has 2 nitrogen and oxygen atoms in total. The van der Waals surface area contributed by atoms with Crippen molar-refractivity contribution in [1.82, 2.24) is 10.2 Å². The molecule has 0 unspecified atom stereocenters. The summed E-state index contributed by atoms with van der Waals surface area (Å²) in [6, 6.07) is 11.5. The van der Waals surface area contributed by atoms with Crippen molar-refractivity contribution in [2.45, 2.75) is 39.3 Å². The fourth-order valence-corrected chi connectivity index (χ4v) is 2.27. The quantitative estimate of drug-likeness (QED) is 0.744. The van der Waals surface area contributed by atoms with Gasteiger partial charge in [-0.05, 0) is 25.5 Å². The Balaban J connectivity index is 2.62. The van der Waals surface area contributed by atoms with Crippen LogP contribution in [0, 0.1) is 0 Å². The number of nitrogens with zero attached hydrogens (tertiary/aromatic N) is 1. The van der Waals surface area contributed by atoms with Gasteiger partial charge >= 0.3 is 0 Å². The molecule has 0 aliphatic heterocycles. The van der Waals surface area contributed by atoms with Crippen molar-refractivity contribution in [3.63, 3.8) is 0 Å². The monoisotopic (exact) mass is 234 g/mol. The van der Waals surface area contributed by atoms with Gasteiger partial charge in [0.05, 0.1) is 0 Å². The molecule has 2 heteroatoms. The van der Waals surface area contributed by atoms with Gasteiger partial charge < -0.3 is 5.32 Å². The van der Waals surface area contributed by atoms with Gasteiger partial charge in [0.1, 0.15) is 0 Å². The second-order valence-corrected chi connectivity index (χ2v) is 4.53. The average molecular weight is 234 g/mol. The number of likely N-dealkylation sites (N-methyl/N-ethyl adjacent to an activating group) is 1. The Bertz CT molecular complexity index is 280. The predicted octanol–water partition coefficient (Wildman–Crippen LogP) is 2.90. The van der Waals surface area contributed by atoms with E-state index in [1.165, 1.54) is 18.4 Å². The minimum atomic E-state index is 0.698. The van der Waals surface area contributed by atoms with E-state index in [1.807, 2.05) is 7.05 Å². The van der Waals surface area contributed by atoms with E-state index in [-0.39, 0.29) is 0 Å². The Morgan fingerprint density at radius 1 is 1.12 bits per heavy atom. The van der Waals surface area contributed by atoms with Crippen LogP contribution >= 0.6 is 0 Å². The highest BCUT2D eigenvalue weighted by molar-refractivity contribution is 5.14. The molecule has 96 valence electrons. The third kappa shape index (κ3) is 4.88. The first-order valence-corrected chi connectivity index (χ1v) is 6.74. The Morgan fingerprint density at radius 2 is 1.76 bits per heavy atom. The molecule has 0 aliphatic rings. The van der Waals surface area contributed by atoms with Crippen LogP contribution in [0.5, 0.6) is 0 Å². The summed E-state index contributed by atoms with van der Waals surface area (Å²) in [5.74, 6) is 0. The maximum Gasteiger partial charge on any atom is 0.0237 e. The van der Waals surface area contributed by atoms with E-state index in [4.69, 9.17) is 0 Å². The van der Waals surface area contributed by atoms with Crippen LogP contribution in [-0.2, 0) is 6.54 Å². The van der Waals surface area contributed by atoms with E-state index in [2.05, 4.69) is 54.4 Å². The van der Waals surface area contributed by atoms with E-state index in [1.54, 1.807) is 0 Å². The van der Waals surface area contributed by atoms with Crippen LogP contribution in [0.2, 0.25) is 0 Å². The molecular formula is C15H26N2. The predicted molar refractivity (Wildman–Crippen MR) is 75.1 cm³/mol. The summed E-state index contributed by atoms with van der Waals surface area (Å²) in [6.07, 6.45) is 2.46. The molecule has 0 heterocycles. The minimum absolute atomic E-state index is 0.698. The van der Waals surface area contributed by atoms with Crippen molar-refractivity contribution >= 4 is 0 Å². The summed E-state index contributed by atoms with van der Waals surface area (Å²) >= 11 is 0. The fourth-order valence-electron chi connectivity index (χ4n) is 2.27. The Morgan fingerprint density at radius 3 is 2.29 bits per heavy atom. The molecule has 0 spiro atoms. The van der Waals surface area contributed by atoms with E-state index in [0.717, 1.165) is 19.6 Å². The molecule has 0 saturated heterocycles. The zero-order valence-electron chi connectivity index (χ0n) is 11.4. The van der Waals surface area contributed by atoms with Crippen LogP contribution in [0.15, 0.2) is 30.3 Å². The standard InChI is InChI=1S/C15H26N2/c1-4-15(5-2)17(12-11-16-3)13-14-9-7-6-8-10-14/h6-10,15-16H,4-5,11-13H2,1-3H3. The third-order valence-corrected chi connectivity index (χ3v) is 3.34. The van der Waals surface area contributed by atoms with E-state index >= 15 is 0 Å². The van der Waals surface area contributed by atoms with Crippen LogP contribution in [0.1, 0.15) is 32.3 Å². The first-order chi connectivity index (χ1) is 8.31. The highest BCUT2D eigenvalue weighted by atomic mass is 15.2. The summed E-state index contributed by atoms with van der Waals surface area (Å²) in [7, 11) is 2.02. The largest absolute Gasteiger partial charge is 0.318 e. The molecule has 1 rings (SSSR count). The van der Waals surface area contributed by atoms with Gasteiger partial charge in [0.2, 0.25) is 0 Å².